The predicted molar refractivity (Wildman–Crippen MR) is 129 cm³/mol. The van der Waals surface area contributed by atoms with Gasteiger partial charge in [-0.25, -0.2) is 4.98 Å². The summed E-state index contributed by atoms with van der Waals surface area (Å²) in [5, 5.41) is 17.5. The monoisotopic (exact) mass is 496 g/mol. The van der Waals surface area contributed by atoms with Crippen molar-refractivity contribution in [2.24, 2.45) is 0 Å². The van der Waals surface area contributed by atoms with Crippen LogP contribution in [0.25, 0.3) is 27.5 Å². The van der Waals surface area contributed by atoms with E-state index in [1.807, 2.05) is 18.2 Å². The molecule has 6 nitrogen and oxygen atoms in total. The first-order chi connectivity index (χ1) is 15.1. The van der Waals surface area contributed by atoms with E-state index in [1.165, 1.54) is 19.3 Å². The van der Waals surface area contributed by atoms with Crippen LogP contribution < -0.4 is 5.32 Å². The van der Waals surface area contributed by atoms with Crippen LogP contribution >= 0.6 is 27.3 Å². The number of nitro groups is 1. The number of hydrogen-bond acceptors (Lipinski definition) is 5. The number of anilines is 1. The number of rotatable bonds is 5. The van der Waals surface area contributed by atoms with Crippen LogP contribution in [-0.4, -0.2) is 20.3 Å². The van der Waals surface area contributed by atoms with Crippen LogP contribution in [0.15, 0.2) is 58.4 Å². The van der Waals surface area contributed by atoms with Gasteiger partial charge in [0.05, 0.1) is 16.2 Å². The molecule has 0 atom stereocenters. The van der Waals surface area contributed by atoms with Gasteiger partial charge in [0, 0.05) is 22.0 Å². The number of nitrogens with zero attached hydrogens (tertiary/aromatic N) is 3. The lowest BCUT2D eigenvalue weighted by atomic mass is 9.95. The maximum Gasteiger partial charge on any atom is 0.278 e. The molecule has 0 saturated heterocycles. The van der Waals surface area contributed by atoms with E-state index in [2.05, 4.69) is 43.2 Å². The van der Waals surface area contributed by atoms with Gasteiger partial charge >= 0.3 is 0 Å². The third kappa shape index (κ3) is 3.85. The van der Waals surface area contributed by atoms with Crippen LogP contribution in [0.3, 0.4) is 0 Å². The largest absolute Gasteiger partial charge is 0.367 e. The molecule has 1 N–H and O–H groups in total. The molecule has 0 bridgehead atoms. The second kappa shape index (κ2) is 8.43. The number of nitro benzene ring substituents is 1. The Morgan fingerprint density at radius 3 is 2.58 bits per heavy atom. The molecule has 5 rings (SSSR count). The van der Waals surface area contributed by atoms with Gasteiger partial charge < -0.3 is 5.32 Å². The van der Waals surface area contributed by atoms with Gasteiger partial charge in [0.2, 0.25) is 0 Å². The fourth-order valence-corrected chi connectivity index (χ4v) is 5.44. The third-order valence-electron chi connectivity index (χ3n) is 5.81. The van der Waals surface area contributed by atoms with Crippen LogP contribution in [-0.2, 0) is 0 Å². The third-order valence-corrected chi connectivity index (χ3v) is 7.16. The van der Waals surface area contributed by atoms with E-state index >= 15 is 0 Å². The molecule has 2 aromatic heterocycles. The number of thiazole rings is 1. The maximum absolute atomic E-state index is 11.7. The number of nitrogens with one attached hydrogen (secondary N) is 1. The highest BCUT2D eigenvalue weighted by molar-refractivity contribution is 9.10. The molecule has 2 heterocycles. The van der Waals surface area contributed by atoms with Gasteiger partial charge in [-0.15, -0.1) is 11.3 Å². The smallest absolute Gasteiger partial charge is 0.278 e. The SMILES string of the molecule is O=[N+]([O-])c1ccccc1-c1nc2scc(-c3ccc(Br)cc3)n2c1NC1CCCCC1. The zero-order valence-corrected chi connectivity index (χ0v) is 19.2. The molecule has 2 aromatic carbocycles. The summed E-state index contributed by atoms with van der Waals surface area (Å²) in [6.45, 7) is 0. The fourth-order valence-electron chi connectivity index (χ4n) is 4.28. The van der Waals surface area contributed by atoms with E-state index in [9.17, 15) is 10.1 Å². The number of fused-ring (bicyclic) bond motifs is 1. The second-order valence-electron chi connectivity index (χ2n) is 7.81. The molecule has 0 unspecified atom stereocenters. The minimum Gasteiger partial charge on any atom is -0.367 e. The summed E-state index contributed by atoms with van der Waals surface area (Å²) in [6.07, 6.45) is 5.86. The van der Waals surface area contributed by atoms with Gasteiger partial charge in [0.1, 0.15) is 11.5 Å². The van der Waals surface area contributed by atoms with Crippen molar-refractivity contribution in [3.8, 4) is 22.5 Å². The van der Waals surface area contributed by atoms with E-state index < -0.39 is 0 Å². The Bertz CT molecular complexity index is 1240. The van der Waals surface area contributed by atoms with Gasteiger partial charge in [-0.2, -0.15) is 0 Å². The summed E-state index contributed by atoms with van der Waals surface area (Å²) < 4.78 is 3.14. The molecule has 0 amide bonds. The first-order valence-corrected chi connectivity index (χ1v) is 12.1. The standard InChI is InChI=1S/C23H21BrN4O2S/c24-16-12-10-15(11-13-16)20-14-31-23-26-21(18-8-4-5-9-19(18)28(29)30)22(27(20)23)25-17-6-2-1-3-7-17/h4-5,8-14,17,25H,1-3,6-7H2. The average molecular weight is 497 g/mol. The van der Waals surface area contributed by atoms with Crippen molar-refractivity contribution in [2.45, 2.75) is 38.1 Å². The summed E-state index contributed by atoms with van der Waals surface area (Å²) in [5.41, 5.74) is 3.37. The lowest BCUT2D eigenvalue weighted by Gasteiger charge is -2.24. The van der Waals surface area contributed by atoms with Crippen molar-refractivity contribution in [1.29, 1.82) is 0 Å². The Morgan fingerprint density at radius 1 is 1.10 bits per heavy atom. The van der Waals surface area contributed by atoms with E-state index in [0.29, 0.717) is 17.3 Å². The van der Waals surface area contributed by atoms with Crippen molar-refractivity contribution in [3.05, 3.63) is 68.5 Å². The van der Waals surface area contributed by atoms with Crippen molar-refractivity contribution < 1.29 is 4.92 Å². The molecule has 1 aliphatic carbocycles. The number of hydrogen-bond donors (Lipinski definition) is 1. The zero-order chi connectivity index (χ0) is 21.4. The predicted octanol–water partition coefficient (Wildman–Crippen LogP) is 7.15. The average Bonchev–Trinajstić information content (AvgIpc) is 3.35. The molecule has 158 valence electrons. The zero-order valence-electron chi connectivity index (χ0n) is 16.8. The van der Waals surface area contributed by atoms with Crippen molar-refractivity contribution in [2.75, 3.05) is 5.32 Å². The summed E-state index contributed by atoms with van der Waals surface area (Å²) in [5.74, 6) is 0.843. The molecular weight excluding hydrogens is 476 g/mol. The normalized spacial score (nSPS) is 14.7. The molecule has 4 aromatic rings. The topological polar surface area (TPSA) is 72.5 Å². The van der Waals surface area contributed by atoms with Gasteiger partial charge in [-0.3, -0.25) is 14.5 Å². The van der Waals surface area contributed by atoms with Crippen LogP contribution in [0.4, 0.5) is 11.5 Å². The van der Waals surface area contributed by atoms with Crippen LogP contribution in [0.5, 0.6) is 0 Å². The quantitative estimate of drug-likeness (QED) is 0.235. The Hall–Kier alpha value is -2.71. The van der Waals surface area contributed by atoms with E-state index in [4.69, 9.17) is 4.98 Å². The summed E-state index contributed by atoms with van der Waals surface area (Å²) >= 11 is 5.05. The van der Waals surface area contributed by atoms with Gasteiger partial charge in [-0.05, 0) is 36.6 Å². The van der Waals surface area contributed by atoms with E-state index in [-0.39, 0.29) is 10.6 Å². The highest BCUT2D eigenvalue weighted by Crippen LogP contribution is 2.40. The lowest BCUT2D eigenvalue weighted by Crippen LogP contribution is -2.23. The first kappa shape index (κ1) is 20.2. The maximum atomic E-state index is 11.7. The van der Waals surface area contributed by atoms with Crippen LogP contribution in [0.1, 0.15) is 32.1 Å². The molecule has 0 radical (unpaired) electrons. The second-order valence-corrected chi connectivity index (χ2v) is 9.56. The minimum atomic E-state index is -0.331. The molecule has 8 heteroatoms. The van der Waals surface area contributed by atoms with E-state index in [0.717, 1.165) is 39.4 Å². The number of imidazole rings is 1. The molecule has 31 heavy (non-hydrogen) atoms. The van der Waals surface area contributed by atoms with Crippen molar-refractivity contribution in [3.63, 3.8) is 0 Å². The van der Waals surface area contributed by atoms with Crippen molar-refractivity contribution >= 4 is 43.7 Å². The van der Waals surface area contributed by atoms with Crippen LogP contribution in [0, 0.1) is 10.1 Å². The minimum absolute atomic E-state index is 0.0742. The molecule has 0 aliphatic heterocycles. The Morgan fingerprint density at radius 2 is 1.84 bits per heavy atom. The van der Waals surface area contributed by atoms with Gasteiger partial charge in [0.15, 0.2) is 4.96 Å². The highest BCUT2D eigenvalue weighted by Gasteiger charge is 2.26. The van der Waals surface area contributed by atoms with Crippen LogP contribution in [0.2, 0.25) is 0 Å². The summed E-state index contributed by atoms with van der Waals surface area (Å²) in [6, 6.07) is 15.4. The summed E-state index contributed by atoms with van der Waals surface area (Å²) in [7, 11) is 0. The Kier molecular flexibility index (Phi) is 5.50. The summed E-state index contributed by atoms with van der Waals surface area (Å²) in [4.78, 5) is 17.1. The number of benzene rings is 2. The molecule has 0 spiro atoms. The highest BCUT2D eigenvalue weighted by atomic mass is 79.9. The Balaban J connectivity index is 1.71. The first-order valence-electron chi connectivity index (χ1n) is 10.4. The van der Waals surface area contributed by atoms with Gasteiger partial charge in [0.25, 0.3) is 5.69 Å². The van der Waals surface area contributed by atoms with E-state index in [1.54, 1.807) is 29.5 Å². The fraction of sp³-hybridized carbons (Fsp3) is 0.261. The molecule has 1 saturated carbocycles. The lowest BCUT2D eigenvalue weighted by molar-refractivity contribution is -0.384. The number of para-hydroxylation sites is 1. The van der Waals surface area contributed by atoms with Crippen molar-refractivity contribution in [1.82, 2.24) is 9.38 Å². The number of aromatic nitrogens is 2. The number of halogens is 1. The molecule has 1 fully saturated rings. The molecular formula is C23H21BrN4O2S. The molecule has 1 aliphatic rings. The van der Waals surface area contributed by atoms with Gasteiger partial charge in [-0.1, -0.05) is 59.5 Å². The Labute approximate surface area is 192 Å².